The topological polar surface area (TPSA) is 65.7 Å². The van der Waals surface area contributed by atoms with Crippen molar-refractivity contribution in [1.82, 2.24) is 0 Å². The number of methoxy groups -OCH3 is 2. The molecule has 0 aliphatic heterocycles. The Balaban J connectivity index is 3.05. The van der Waals surface area contributed by atoms with Gasteiger partial charge in [-0.1, -0.05) is 11.6 Å². The van der Waals surface area contributed by atoms with Crippen molar-refractivity contribution in [3.63, 3.8) is 0 Å². The fourth-order valence-corrected chi connectivity index (χ4v) is 1.79. The maximum atomic E-state index is 12.1. The van der Waals surface area contributed by atoms with Crippen LogP contribution in [0.4, 0.5) is 0 Å². The van der Waals surface area contributed by atoms with Gasteiger partial charge in [-0.15, -0.1) is 0 Å². The Bertz CT molecular complexity index is 554. The molecule has 110 valence electrons. The first kappa shape index (κ1) is 16.0. The minimum atomic E-state index is -0.232. The fraction of sp³-hybridized carbons (Fsp3) is 0.467. The van der Waals surface area contributed by atoms with Crippen LogP contribution in [0.3, 0.4) is 0 Å². The average molecular weight is 280 g/mol. The Morgan fingerprint density at radius 2 is 2.00 bits per heavy atom. The number of aldehydes is 1. The molecule has 0 aliphatic rings. The third kappa shape index (κ3) is 3.73. The number of hydrogen-bond acceptors (Lipinski definition) is 5. The van der Waals surface area contributed by atoms with Gasteiger partial charge in [-0.25, -0.2) is 0 Å². The van der Waals surface area contributed by atoms with E-state index in [0.29, 0.717) is 30.6 Å². The van der Waals surface area contributed by atoms with E-state index in [0.717, 1.165) is 11.9 Å². The summed E-state index contributed by atoms with van der Waals surface area (Å²) >= 11 is 0. The lowest BCUT2D eigenvalue weighted by Gasteiger charge is -2.09. The predicted octanol–water partition coefficient (Wildman–Crippen LogP) is 2.43. The number of carbonyl (C=O) groups is 1. The van der Waals surface area contributed by atoms with Gasteiger partial charge < -0.3 is 18.7 Å². The predicted molar refractivity (Wildman–Crippen MR) is 75.6 cm³/mol. The largest absolute Gasteiger partial charge is 0.487 e. The minimum absolute atomic E-state index is 0.0791. The average Bonchev–Trinajstić information content (AvgIpc) is 2.46. The zero-order valence-electron chi connectivity index (χ0n) is 12.3. The van der Waals surface area contributed by atoms with Crippen LogP contribution in [0, 0.1) is 6.92 Å². The van der Waals surface area contributed by atoms with Crippen molar-refractivity contribution in [2.75, 3.05) is 14.2 Å². The summed E-state index contributed by atoms with van der Waals surface area (Å²) in [4.78, 5) is 22.4. The van der Waals surface area contributed by atoms with E-state index in [-0.39, 0.29) is 17.1 Å². The summed E-state index contributed by atoms with van der Waals surface area (Å²) < 4.78 is 15.6. The summed E-state index contributed by atoms with van der Waals surface area (Å²) in [5.41, 5.74) is 1.35. The van der Waals surface area contributed by atoms with Gasteiger partial charge in [0.1, 0.15) is 12.0 Å². The zero-order valence-corrected chi connectivity index (χ0v) is 12.3. The van der Waals surface area contributed by atoms with Crippen LogP contribution in [0.5, 0.6) is 11.7 Å². The summed E-state index contributed by atoms with van der Waals surface area (Å²) in [6.07, 6.45) is 4.52. The molecule has 0 aromatic carbocycles. The number of carbonyl (C=O) groups excluding carboxylic acids is 1. The Labute approximate surface area is 118 Å². The van der Waals surface area contributed by atoms with Crippen molar-refractivity contribution < 1.29 is 18.7 Å². The van der Waals surface area contributed by atoms with Crippen molar-refractivity contribution in [2.45, 2.75) is 33.1 Å². The van der Waals surface area contributed by atoms with Gasteiger partial charge in [0.25, 0.3) is 0 Å². The Hall–Kier alpha value is -2.04. The van der Waals surface area contributed by atoms with Gasteiger partial charge in [-0.3, -0.25) is 4.79 Å². The van der Waals surface area contributed by atoms with Crippen LogP contribution in [0.25, 0.3) is 0 Å². The molecule has 5 heteroatoms. The zero-order chi connectivity index (χ0) is 15.1. The first-order valence-corrected chi connectivity index (χ1v) is 6.39. The molecule has 0 fully saturated rings. The van der Waals surface area contributed by atoms with Gasteiger partial charge in [-0.2, -0.15) is 0 Å². The molecule has 0 aliphatic carbocycles. The third-order valence-corrected chi connectivity index (χ3v) is 3.05. The highest BCUT2D eigenvalue weighted by atomic mass is 16.6. The number of rotatable bonds is 7. The van der Waals surface area contributed by atoms with Crippen LogP contribution in [0.1, 0.15) is 31.1 Å². The lowest BCUT2D eigenvalue weighted by molar-refractivity contribution is -0.107. The summed E-state index contributed by atoms with van der Waals surface area (Å²) in [5.74, 6) is 0.700. The SMILES string of the molecule is COc1oc(C/C=C(\C)CCC=O)c(C)c(=O)c1OC. The highest BCUT2D eigenvalue weighted by molar-refractivity contribution is 5.49. The summed E-state index contributed by atoms with van der Waals surface area (Å²) in [6, 6.07) is 0. The van der Waals surface area contributed by atoms with Crippen molar-refractivity contribution in [1.29, 1.82) is 0 Å². The molecule has 1 rings (SSSR count). The van der Waals surface area contributed by atoms with Crippen molar-refractivity contribution in [2.24, 2.45) is 0 Å². The maximum Gasteiger partial charge on any atom is 0.332 e. The number of ether oxygens (including phenoxy) is 2. The van der Waals surface area contributed by atoms with Crippen LogP contribution in [0.15, 0.2) is 20.9 Å². The van der Waals surface area contributed by atoms with Gasteiger partial charge in [-0.05, 0) is 20.3 Å². The summed E-state index contributed by atoms with van der Waals surface area (Å²) in [6.45, 7) is 3.63. The molecular weight excluding hydrogens is 260 g/mol. The first-order chi connectivity index (χ1) is 9.54. The van der Waals surface area contributed by atoms with E-state index in [4.69, 9.17) is 13.9 Å². The summed E-state index contributed by atoms with van der Waals surface area (Å²) in [5, 5.41) is 0. The van der Waals surface area contributed by atoms with E-state index in [1.54, 1.807) is 6.92 Å². The van der Waals surface area contributed by atoms with Crippen LogP contribution >= 0.6 is 0 Å². The lowest BCUT2D eigenvalue weighted by atomic mass is 10.1. The van der Waals surface area contributed by atoms with E-state index in [9.17, 15) is 9.59 Å². The molecule has 5 nitrogen and oxygen atoms in total. The molecule has 0 N–H and O–H groups in total. The summed E-state index contributed by atoms with van der Waals surface area (Å²) in [7, 11) is 2.82. The highest BCUT2D eigenvalue weighted by Gasteiger charge is 2.17. The normalized spacial score (nSPS) is 11.3. The highest BCUT2D eigenvalue weighted by Crippen LogP contribution is 2.26. The smallest absolute Gasteiger partial charge is 0.332 e. The van der Waals surface area contributed by atoms with Crippen LogP contribution in [-0.2, 0) is 11.2 Å². The van der Waals surface area contributed by atoms with Crippen LogP contribution in [-0.4, -0.2) is 20.5 Å². The van der Waals surface area contributed by atoms with E-state index >= 15 is 0 Å². The second kappa shape index (κ2) is 7.53. The monoisotopic (exact) mass is 280 g/mol. The first-order valence-electron chi connectivity index (χ1n) is 6.39. The molecule has 1 aromatic rings. The van der Waals surface area contributed by atoms with Gasteiger partial charge >= 0.3 is 5.95 Å². The molecule has 0 saturated heterocycles. The van der Waals surface area contributed by atoms with Crippen molar-refractivity contribution in [3.05, 3.63) is 33.2 Å². The van der Waals surface area contributed by atoms with Gasteiger partial charge in [0, 0.05) is 18.4 Å². The van der Waals surface area contributed by atoms with E-state index in [1.165, 1.54) is 14.2 Å². The Morgan fingerprint density at radius 1 is 1.30 bits per heavy atom. The standard InChI is InChI=1S/C15H20O5/c1-10(6-5-9-16)7-8-12-11(2)13(17)14(18-3)15(19-4)20-12/h7,9H,5-6,8H2,1-4H3/b10-7+. The second-order valence-corrected chi connectivity index (χ2v) is 4.46. The quantitative estimate of drug-likeness (QED) is 0.567. The molecule has 1 aromatic heterocycles. The van der Waals surface area contributed by atoms with Gasteiger partial charge in [0.2, 0.25) is 11.2 Å². The number of hydrogen-bond donors (Lipinski definition) is 0. The molecule has 1 heterocycles. The van der Waals surface area contributed by atoms with Gasteiger partial charge in [0.05, 0.1) is 14.2 Å². The molecule has 0 spiro atoms. The van der Waals surface area contributed by atoms with Crippen LogP contribution in [0.2, 0.25) is 0 Å². The van der Waals surface area contributed by atoms with E-state index in [1.807, 2.05) is 13.0 Å². The Kier molecular flexibility index (Phi) is 6.03. The lowest BCUT2D eigenvalue weighted by Crippen LogP contribution is -2.12. The number of allylic oxidation sites excluding steroid dienone is 2. The Morgan fingerprint density at radius 3 is 2.55 bits per heavy atom. The van der Waals surface area contributed by atoms with Crippen molar-refractivity contribution >= 4 is 6.29 Å². The van der Waals surface area contributed by atoms with Crippen LogP contribution < -0.4 is 14.9 Å². The molecular formula is C15H20O5. The molecule has 0 unspecified atom stereocenters. The molecule has 0 radical (unpaired) electrons. The molecule has 0 atom stereocenters. The minimum Gasteiger partial charge on any atom is -0.487 e. The molecule has 0 saturated carbocycles. The maximum absolute atomic E-state index is 12.1. The fourth-order valence-electron chi connectivity index (χ4n) is 1.79. The molecule has 0 bridgehead atoms. The van der Waals surface area contributed by atoms with Gasteiger partial charge in [0.15, 0.2) is 0 Å². The third-order valence-electron chi connectivity index (χ3n) is 3.05. The molecule has 20 heavy (non-hydrogen) atoms. The second-order valence-electron chi connectivity index (χ2n) is 4.46. The van der Waals surface area contributed by atoms with E-state index in [2.05, 4.69) is 0 Å². The molecule has 0 amide bonds. The van der Waals surface area contributed by atoms with E-state index < -0.39 is 0 Å². The van der Waals surface area contributed by atoms with Crippen molar-refractivity contribution in [3.8, 4) is 11.7 Å².